The number of nitrogen functional groups attached to an aromatic ring is 1. The number of halogens is 2. The summed E-state index contributed by atoms with van der Waals surface area (Å²) in [7, 11) is 0. The molecule has 21 heavy (non-hydrogen) atoms. The number of aromatic nitrogens is 1. The van der Waals surface area contributed by atoms with Gasteiger partial charge in [-0.05, 0) is 18.6 Å². The predicted octanol–water partition coefficient (Wildman–Crippen LogP) is 3.10. The molecular formula is C15H15ClFN3O. The SMILES string of the molecule is CC[C@@H](N)c1ccc(Cl)c(C(=O)c2cncc(N)c2)c1F. The fourth-order valence-electron chi connectivity index (χ4n) is 2.01. The first kappa shape index (κ1) is 15.4. The second kappa shape index (κ2) is 6.20. The topological polar surface area (TPSA) is 82.0 Å². The molecule has 0 saturated carbocycles. The van der Waals surface area contributed by atoms with Crippen LogP contribution in [0.2, 0.25) is 5.02 Å². The van der Waals surface area contributed by atoms with Crippen molar-refractivity contribution in [2.24, 2.45) is 5.73 Å². The van der Waals surface area contributed by atoms with Crippen LogP contribution in [0.1, 0.15) is 40.9 Å². The Morgan fingerprint density at radius 1 is 1.43 bits per heavy atom. The number of carbonyl (C=O) groups excluding carboxylic acids is 1. The van der Waals surface area contributed by atoms with Crippen LogP contribution >= 0.6 is 11.6 Å². The number of anilines is 1. The summed E-state index contributed by atoms with van der Waals surface area (Å²) in [6.45, 7) is 1.84. The zero-order valence-electron chi connectivity index (χ0n) is 11.4. The number of carbonyl (C=O) groups is 1. The first-order chi connectivity index (χ1) is 9.95. The smallest absolute Gasteiger partial charge is 0.199 e. The maximum Gasteiger partial charge on any atom is 0.199 e. The van der Waals surface area contributed by atoms with Crippen LogP contribution in [0, 0.1) is 5.82 Å². The van der Waals surface area contributed by atoms with Gasteiger partial charge in [0.15, 0.2) is 5.78 Å². The Kier molecular flexibility index (Phi) is 4.55. The third kappa shape index (κ3) is 3.04. The Balaban J connectivity index is 2.55. The predicted molar refractivity (Wildman–Crippen MR) is 80.7 cm³/mol. The summed E-state index contributed by atoms with van der Waals surface area (Å²) >= 11 is 5.98. The molecule has 1 aromatic carbocycles. The highest BCUT2D eigenvalue weighted by Crippen LogP contribution is 2.28. The monoisotopic (exact) mass is 307 g/mol. The number of benzene rings is 1. The van der Waals surface area contributed by atoms with E-state index in [0.29, 0.717) is 12.1 Å². The summed E-state index contributed by atoms with van der Waals surface area (Å²) in [4.78, 5) is 16.3. The van der Waals surface area contributed by atoms with E-state index in [2.05, 4.69) is 4.98 Å². The first-order valence-corrected chi connectivity index (χ1v) is 6.82. The van der Waals surface area contributed by atoms with E-state index < -0.39 is 17.6 Å². The maximum absolute atomic E-state index is 14.6. The van der Waals surface area contributed by atoms with Gasteiger partial charge in [-0.25, -0.2) is 4.39 Å². The van der Waals surface area contributed by atoms with Crippen molar-refractivity contribution in [1.82, 2.24) is 4.98 Å². The van der Waals surface area contributed by atoms with Crippen molar-refractivity contribution >= 4 is 23.1 Å². The normalized spacial score (nSPS) is 12.2. The van der Waals surface area contributed by atoms with E-state index in [1.54, 1.807) is 0 Å². The molecule has 2 rings (SSSR count). The van der Waals surface area contributed by atoms with Gasteiger partial charge < -0.3 is 11.5 Å². The molecule has 0 saturated heterocycles. The van der Waals surface area contributed by atoms with Crippen molar-refractivity contribution in [3.05, 3.63) is 58.1 Å². The fourth-order valence-corrected chi connectivity index (χ4v) is 2.24. The highest BCUT2D eigenvalue weighted by molar-refractivity contribution is 6.35. The Morgan fingerprint density at radius 3 is 2.76 bits per heavy atom. The minimum absolute atomic E-state index is 0.0342. The number of nitrogens with two attached hydrogens (primary N) is 2. The lowest BCUT2D eigenvalue weighted by atomic mass is 9.97. The molecule has 0 radical (unpaired) electrons. The number of hydrogen-bond donors (Lipinski definition) is 2. The first-order valence-electron chi connectivity index (χ1n) is 6.44. The van der Waals surface area contributed by atoms with Crippen molar-refractivity contribution in [3.63, 3.8) is 0 Å². The lowest BCUT2D eigenvalue weighted by molar-refractivity contribution is 0.103. The van der Waals surface area contributed by atoms with Crippen LogP contribution in [0.15, 0.2) is 30.6 Å². The number of ketones is 1. The zero-order chi connectivity index (χ0) is 15.6. The van der Waals surface area contributed by atoms with Gasteiger partial charge >= 0.3 is 0 Å². The molecular weight excluding hydrogens is 293 g/mol. The quantitative estimate of drug-likeness (QED) is 0.850. The standard InChI is InChI=1S/C15H15ClFN3O/c1-2-12(19)10-3-4-11(16)13(14(10)17)15(21)8-5-9(18)7-20-6-8/h3-7,12H,2,18-19H2,1H3/t12-/m1/s1. The van der Waals surface area contributed by atoms with Gasteiger partial charge in [-0.2, -0.15) is 0 Å². The summed E-state index contributed by atoms with van der Waals surface area (Å²) in [6, 6.07) is 3.91. The number of hydrogen-bond acceptors (Lipinski definition) is 4. The molecule has 110 valence electrons. The molecule has 0 aliphatic carbocycles. The van der Waals surface area contributed by atoms with Crippen molar-refractivity contribution in [2.75, 3.05) is 5.73 Å². The van der Waals surface area contributed by atoms with Gasteiger partial charge in [0.2, 0.25) is 0 Å². The van der Waals surface area contributed by atoms with Crippen LogP contribution in [0.5, 0.6) is 0 Å². The zero-order valence-corrected chi connectivity index (χ0v) is 12.2. The highest BCUT2D eigenvalue weighted by atomic mass is 35.5. The average molecular weight is 308 g/mol. The lowest BCUT2D eigenvalue weighted by Crippen LogP contribution is -2.15. The third-order valence-corrected chi connectivity index (χ3v) is 3.52. The van der Waals surface area contributed by atoms with Crippen molar-refractivity contribution in [2.45, 2.75) is 19.4 Å². The van der Waals surface area contributed by atoms with Crippen LogP contribution in [0.25, 0.3) is 0 Å². The number of pyridine rings is 1. The van der Waals surface area contributed by atoms with Crippen LogP contribution in [-0.2, 0) is 0 Å². The Bertz CT molecular complexity index is 691. The number of rotatable bonds is 4. The van der Waals surface area contributed by atoms with Crippen molar-refractivity contribution in [1.29, 1.82) is 0 Å². The van der Waals surface area contributed by atoms with Gasteiger partial charge in [0, 0.05) is 29.6 Å². The molecule has 0 unspecified atom stereocenters. The van der Waals surface area contributed by atoms with E-state index in [9.17, 15) is 9.18 Å². The summed E-state index contributed by atoms with van der Waals surface area (Å²) in [5.74, 6) is -1.26. The molecule has 1 heterocycles. The van der Waals surface area contributed by atoms with E-state index in [1.165, 1.54) is 30.6 Å². The molecule has 0 amide bonds. The minimum Gasteiger partial charge on any atom is -0.397 e. The molecule has 0 spiro atoms. The van der Waals surface area contributed by atoms with Gasteiger partial charge in [-0.3, -0.25) is 9.78 Å². The molecule has 2 aromatic rings. The van der Waals surface area contributed by atoms with Gasteiger partial charge in [0.05, 0.1) is 16.3 Å². The molecule has 6 heteroatoms. The largest absolute Gasteiger partial charge is 0.397 e. The molecule has 1 atom stereocenters. The Hall–Kier alpha value is -1.98. The third-order valence-electron chi connectivity index (χ3n) is 3.21. The second-order valence-electron chi connectivity index (χ2n) is 4.68. The Morgan fingerprint density at radius 2 is 2.14 bits per heavy atom. The van der Waals surface area contributed by atoms with E-state index in [4.69, 9.17) is 23.1 Å². The van der Waals surface area contributed by atoms with Crippen LogP contribution in [0.3, 0.4) is 0 Å². The van der Waals surface area contributed by atoms with Crippen molar-refractivity contribution < 1.29 is 9.18 Å². The second-order valence-corrected chi connectivity index (χ2v) is 5.08. The van der Waals surface area contributed by atoms with E-state index in [1.807, 2.05) is 6.92 Å². The molecule has 0 fully saturated rings. The summed E-state index contributed by atoms with van der Waals surface area (Å²) in [5, 5.41) is 0.0342. The van der Waals surface area contributed by atoms with Gasteiger partial charge in [-0.1, -0.05) is 24.6 Å². The molecule has 4 N–H and O–H groups in total. The van der Waals surface area contributed by atoms with Crippen LogP contribution in [-0.4, -0.2) is 10.8 Å². The molecule has 1 aromatic heterocycles. The van der Waals surface area contributed by atoms with E-state index in [-0.39, 0.29) is 21.7 Å². The fraction of sp³-hybridized carbons (Fsp3) is 0.200. The van der Waals surface area contributed by atoms with Gasteiger partial charge in [0.1, 0.15) is 5.82 Å². The summed E-state index contributed by atoms with van der Waals surface area (Å²) < 4.78 is 14.6. The summed E-state index contributed by atoms with van der Waals surface area (Å²) in [6.07, 6.45) is 3.27. The van der Waals surface area contributed by atoms with E-state index in [0.717, 1.165) is 0 Å². The van der Waals surface area contributed by atoms with Crippen molar-refractivity contribution in [3.8, 4) is 0 Å². The lowest BCUT2D eigenvalue weighted by Gasteiger charge is -2.14. The Labute approximate surface area is 126 Å². The van der Waals surface area contributed by atoms with Crippen LogP contribution < -0.4 is 11.5 Å². The molecule has 0 aliphatic rings. The molecule has 0 bridgehead atoms. The average Bonchev–Trinajstić information content (AvgIpc) is 2.46. The maximum atomic E-state index is 14.6. The molecule has 4 nitrogen and oxygen atoms in total. The summed E-state index contributed by atoms with van der Waals surface area (Å²) in [5.41, 5.74) is 12.0. The van der Waals surface area contributed by atoms with Gasteiger partial charge in [0.25, 0.3) is 0 Å². The van der Waals surface area contributed by atoms with Crippen LogP contribution in [0.4, 0.5) is 10.1 Å². The number of nitrogens with zero attached hydrogens (tertiary/aromatic N) is 1. The van der Waals surface area contributed by atoms with E-state index >= 15 is 0 Å². The molecule has 0 aliphatic heterocycles. The van der Waals surface area contributed by atoms with Gasteiger partial charge in [-0.15, -0.1) is 0 Å². The minimum atomic E-state index is -0.690. The highest BCUT2D eigenvalue weighted by Gasteiger charge is 2.23.